The summed E-state index contributed by atoms with van der Waals surface area (Å²) in [5, 5.41) is 11.6. The Morgan fingerprint density at radius 3 is 2.91 bits per heavy atom. The van der Waals surface area contributed by atoms with E-state index in [0.29, 0.717) is 6.54 Å². The molecule has 4 heteroatoms. The standard InChI is InChI=1S/C7H14N2O2/c8-7(4-6(10)11)2-1-3-9-5-7/h9H,1-5,8H2,(H,10,11). The molecular formula is C7H14N2O2. The van der Waals surface area contributed by atoms with Gasteiger partial charge in [0.2, 0.25) is 0 Å². The molecule has 1 heterocycles. The van der Waals surface area contributed by atoms with Gasteiger partial charge in [-0.1, -0.05) is 0 Å². The van der Waals surface area contributed by atoms with Gasteiger partial charge in [0.05, 0.1) is 6.42 Å². The van der Waals surface area contributed by atoms with Crippen molar-refractivity contribution in [2.75, 3.05) is 13.1 Å². The molecular weight excluding hydrogens is 144 g/mol. The topological polar surface area (TPSA) is 75.4 Å². The van der Waals surface area contributed by atoms with Crippen molar-refractivity contribution in [3.63, 3.8) is 0 Å². The maximum atomic E-state index is 10.4. The fourth-order valence-electron chi connectivity index (χ4n) is 1.44. The van der Waals surface area contributed by atoms with Crippen LogP contribution < -0.4 is 11.1 Å². The first-order chi connectivity index (χ1) is 5.12. The molecule has 4 N–H and O–H groups in total. The molecule has 1 rings (SSSR count). The fraction of sp³-hybridized carbons (Fsp3) is 0.857. The molecule has 1 fully saturated rings. The lowest BCUT2D eigenvalue weighted by Gasteiger charge is -2.32. The highest BCUT2D eigenvalue weighted by Gasteiger charge is 2.29. The van der Waals surface area contributed by atoms with E-state index in [4.69, 9.17) is 10.8 Å². The van der Waals surface area contributed by atoms with Gasteiger partial charge in [-0.3, -0.25) is 4.79 Å². The molecule has 1 atom stereocenters. The van der Waals surface area contributed by atoms with Crippen molar-refractivity contribution in [1.29, 1.82) is 0 Å². The number of aliphatic carboxylic acids is 1. The van der Waals surface area contributed by atoms with Gasteiger partial charge in [0.15, 0.2) is 0 Å². The van der Waals surface area contributed by atoms with Crippen LogP contribution in [0.25, 0.3) is 0 Å². The predicted octanol–water partition coefficient (Wildman–Crippen LogP) is -0.458. The molecule has 1 aliphatic heterocycles. The zero-order chi connectivity index (χ0) is 8.32. The van der Waals surface area contributed by atoms with Crippen LogP contribution in [0.2, 0.25) is 0 Å². The van der Waals surface area contributed by atoms with Gasteiger partial charge in [-0.25, -0.2) is 0 Å². The molecule has 1 aliphatic rings. The van der Waals surface area contributed by atoms with Gasteiger partial charge in [0.25, 0.3) is 0 Å². The average Bonchev–Trinajstić information content (AvgIpc) is 1.85. The summed E-state index contributed by atoms with van der Waals surface area (Å²) in [5.74, 6) is -0.809. The van der Waals surface area contributed by atoms with Gasteiger partial charge < -0.3 is 16.2 Å². The van der Waals surface area contributed by atoms with Gasteiger partial charge in [-0.05, 0) is 19.4 Å². The van der Waals surface area contributed by atoms with Crippen LogP contribution in [0.1, 0.15) is 19.3 Å². The number of nitrogens with two attached hydrogens (primary N) is 1. The summed E-state index contributed by atoms with van der Waals surface area (Å²) in [6, 6.07) is 0. The molecule has 0 bridgehead atoms. The van der Waals surface area contributed by atoms with Crippen LogP contribution in [0.15, 0.2) is 0 Å². The lowest BCUT2D eigenvalue weighted by atomic mass is 9.88. The first-order valence-corrected chi connectivity index (χ1v) is 3.84. The van der Waals surface area contributed by atoms with Crippen molar-refractivity contribution < 1.29 is 9.90 Å². The van der Waals surface area contributed by atoms with Crippen LogP contribution in [-0.4, -0.2) is 29.7 Å². The van der Waals surface area contributed by atoms with Gasteiger partial charge in [-0.2, -0.15) is 0 Å². The first-order valence-electron chi connectivity index (χ1n) is 3.84. The Hall–Kier alpha value is -0.610. The lowest BCUT2D eigenvalue weighted by Crippen LogP contribution is -2.53. The minimum Gasteiger partial charge on any atom is -0.481 e. The first kappa shape index (κ1) is 8.49. The number of hydrogen-bond acceptors (Lipinski definition) is 3. The van der Waals surface area contributed by atoms with E-state index in [9.17, 15) is 4.79 Å². The Balaban J connectivity index is 2.43. The number of carboxylic acids is 1. The number of nitrogens with one attached hydrogen (secondary N) is 1. The third-order valence-corrected chi connectivity index (χ3v) is 2.01. The molecule has 0 aromatic heterocycles. The van der Waals surface area contributed by atoms with E-state index in [1.165, 1.54) is 0 Å². The van der Waals surface area contributed by atoms with Gasteiger partial charge in [0.1, 0.15) is 0 Å². The number of hydrogen-bond donors (Lipinski definition) is 3. The summed E-state index contributed by atoms with van der Waals surface area (Å²) in [7, 11) is 0. The second kappa shape index (κ2) is 3.19. The Morgan fingerprint density at radius 1 is 1.73 bits per heavy atom. The number of carboxylic acid groups (broad SMARTS) is 1. The fourth-order valence-corrected chi connectivity index (χ4v) is 1.44. The van der Waals surface area contributed by atoms with E-state index < -0.39 is 11.5 Å². The van der Waals surface area contributed by atoms with Crippen molar-refractivity contribution in [2.45, 2.75) is 24.8 Å². The predicted molar refractivity (Wildman–Crippen MR) is 41.3 cm³/mol. The van der Waals surface area contributed by atoms with Crippen molar-refractivity contribution in [1.82, 2.24) is 5.32 Å². The van der Waals surface area contributed by atoms with E-state index in [0.717, 1.165) is 19.4 Å². The monoisotopic (exact) mass is 158 g/mol. The normalized spacial score (nSPS) is 31.7. The highest BCUT2D eigenvalue weighted by atomic mass is 16.4. The van der Waals surface area contributed by atoms with E-state index in [1.807, 2.05) is 0 Å². The lowest BCUT2D eigenvalue weighted by molar-refractivity contribution is -0.138. The summed E-state index contributed by atoms with van der Waals surface area (Å²) in [6.45, 7) is 1.58. The smallest absolute Gasteiger partial charge is 0.305 e. The van der Waals surface area contributed by atoms with Crippen LogP contribution in [0, 0.1) is 0 Å². The van der Waals surface area contributed by atoms with Crippen molar-refractivity contribution in [3.05, 3.63) is 0 Å². The number of rotatable bonds is 2. The molecule has 0 spiro atoms. The zero-order valence-electron chi connectivity index (χ0n) is 6.47. The van der Waals surface area contributed by atoms with Crippen molar-refractivity contribution in [3.8, 4) is 0 Å². The van der Waals surface area contributed by atoms with Crippen LogP contribution in [0.5, 0.6) is 0 Å². The molecule has 0 aliphatic carbocycles. The van der Waals surface area contributed by atoms with Crippen molar-refractivity contribution in [2.24, 2.45) is 5.73 Å². The minimum absolute atomic E-state index is 0.0694. The Labute approximate surface area is 65.8 Å². The summed E-state index contributed by atoms with van der Waals surface area (Å²) < 4.78 is 0. The summed E-state index contributed by atoms with van der Waals surface area (Å²) >= 11 is 0. The molecule has 0 aromatic carbocycles. The molecule has 0 saturated carbocycles. The quantitative estimate of drug-likeness (QED) is 0.508. The second-order valence-electron chi connectivity index (χ2n) is 3.21. The third-order valence-electron chi connectivity index (χ3n) is 2.01. The Kier molecular flexibility index (Phi) is 2.46. The third kappa shape index (κ3) is 2.48. The summed E-state index contributed by atoms with van der Waals surface area (Å²) in [6.07, 6.45) is 1.86. The second-order valence-corrected chi connectivity index (χ2v) is 3.21. The van der Waals surface area contributed by atoms with Crippen LogP contribution in [-0.2, 0) is 4.79 Å². The van der Waals surface area contributed by atoms with Crippen LogP contribution in [0.3, 0.4) is 0 Å². The molecule has 1 unspecified atom stereocenters. The largest absolute Gasteiger partial charge is 0.481 e. The Morgan fingerprint density at radius 2 is 2.45 bits per heavy atom. The molecule has 0 aromatic rings. The zero-order valence-corrected chi connectivity index (χ0v) is 6.47. The molecule has 0 radical (unpaired) electrons. The number of carbonyl (C=O) groups is 1. The maximum Gasteiger partial charge on any atom is 0.305 e. The van der Waals surface area contributed by atoms with Gasteiger partial charge in [-0.15, -0.1) is 0 Å². The summed E-state index contributed by atoms with van der Waals surface area (Å²) in [5.41, 5.74) is 5.31. The molecule has 0 amide bonds. The van der Waals surface area contributed by atoms with Crippen molar-refractivity contribution >= 4 is 5.97 Å². The van der Waals surface area contributed by atoms with Crippen LogP contribution in [0.4, 0.5) is 0 Å². The molecule has 4 nitrogen and oxygen atoms in total. The van der Waals surface area contributed by atoms with E-state index >= 15 is 0 Å². The van der Waals surface area contributed by atoms with Gasteiger partial charge >= 0.3 is 5.97 Å². The van der Waals surface area contributed by atoms with Crippen LogP contribution >= 0.6 is 0 Å². The highest BCUT2D eigenvalue weighted by Crippen LogP contribution is 2.16. The van der Waals surface area contributed by atoms with E-state index in [1.54, 1.807) is 0 Å². The summed E-state index contributed by atoms with van der Waals surface area (Å²) in [4.78, 5) is 10.4. The maximum absolute atomic E-state index is 10.4. The van der Waals surface area contributed by atoms with E-state index in [-0.39, 0.29) is 6.42 Å². The molecule has 11 heavy (non-hydrogen) atoms. The average molecular weight is 158 g/mol. The SMILES string of the molecule is NC1(CC(=O)O)CCCNC1. The number of piperidine rings is 1. The highest BCUT2D eigenvalue weighted by molar-refractivity contribution is 5.68. The van der Waals surface area contributed by atoms with Gasteiger partial charge in [0, 0.05) is 12.1 Å². The molecule has 1 saturated heterocycles. The molecule has 64 valence electrons. The minimum atomic E-state index is -0.809. The van der Waals surface area contributed by atoms with E-state index in [2.05, 4.69) is 5.32 Å². The Bertz CT molecular complexity index is 153.